The molecule has 2 amide bonds. The summed E-state index contributed by atoms with van der Waals surface area (Å²) in [6, 6.07) is 6.80. The SMILES string of the molecule is Cc1ccc2[nH]ncc2c1-c1nc(-c2cccnc2NC(=O)C(C)(C)C)c(F)c(C(N)=O)c1N. The van der Waals surface area contributed by atoms with Gasteiger partial charge in [0.15, 0.2) is 5.82 Å². The van der Waals surface area contributed by atoms with Crippen molar-refractivity contribution in [2.75, 3.05) is 11.1 Å². The van der Waals surface area contributed by atoms with Crippen molar-refractivity contribution in [2.24, 2.45) is 11.1 Å². The molecule has 0 saturated heterocycles. The Morgan fingerprint density at radius 3 is 2.56 bits per heavy atom. The second-order valence-electron chi connectivity index (χ2n) is 8.97. The number of carbonyl (C=O) groups is 2. The van der Waals surface area contributed by atoms with Crippen molar-refractivity contribution in [3.8, 4) is 22.5 Å². The molecular formula is C24H24FN7O2. The number of nitrogens with zero attached hydrogens (tertiary/aromatic N) is 3. The van der Waals surface area contributed by atoms with Crippen molar-refractivity contribution in [3.63, 3.8) is 0 Å². The molecule has 0 unspecified atom stereocenters. The minimum Gasteiger partial charge on any atom is -0.396 e. The Morgan fingerprint density at radius 1 is 1.15 bits per heavy atom. The lowest BCUT2D eigenvalue weighted by atomic mass is 9.95. The van der Waals surface area contributed by atoms with Crippen molar-refractivity contribution in [1.29, 1.82) is 0 Å². The van der Waals surface area contributed by atoms with Crippen LogP contribution in [0.5, 0.6) is 0 Å². The maximum atomic E-state index is 15.7. The molecule has 10 heteroatoms. The lowest BCUT2D eigenvalue weighted by molar-refractivity contribution is -0.123. The topological polar surface area (TPSA) is 153 Å². The highest BCUT2D eigenvalue weighted by Gasteiger charge is 2.28. The van der Waals surface area contributed by atoms with E-state index in [1.54, 1.807) is 39.1 Å². The number of H-pyrrole nitrogens is 1. The molecular weight excluding hydrogens is 437 g/mol. The van der Waals surface area contributed by atoms with Crippen LogP contribution in [0.1, 0.15) is 36.7 Å². The smallest absolute Gasteiger partial charge is 0.253 e. The number of hydrogen-bond donors (Lipinski definition) is 4. The summed E-state index contributed by atoms with van der Waals surface area (Å²) >= 11 is 0. The van der Waals surface area contributed by atoms with Gasteiger partial charge < -0.3 is 16.8 Å². The van der Waals surface area contributed by atoms with Crippen molar-refractivity contribution >= 4 is 34.2 Å². The number of aromatic amines is 1. The van der Waals surface area contributed by atoms with Gasteiger partial charge in [-0.2, -0.15) is 5.10 Å². The molecule has 0 aliphatic rings. The molecule has 174 valence electrons. The van der Waals surface area contributed by atoms with Crippen LogP contribution < -0.4 is 16.8 Å². The van der Waals surface area contributed by atoms with Crippen molar-refractivity contribution in [2.45, 2.75) is 27.7 Å². The summed E-state index contributed by atoms with van der Waals surface area (Å²) in [5.74, 6) is -2.26. The molecule has 6 N–H and O–H groups in total. The van der Waals surface area contributed by atoms with Crippen LogP contribution in [0, 0.1) is 18.2 Å². The molecule has 0 aliphatic heterocycles. The molecule has 0 fully saturated rings. The number of aryl methyl sites for hydroxylation is 1. The number of nitrogens with two attached hydrogens (primary N) is 2. The van der Waals surface area contributed by atoms with Gasteiger partial charge in [0.25, 0.3) is 5.91 Å². The van der Waals surface area contributed by atoms with Crippen LogP contribution in [-0.2, 0) is 4.79 Å². The Kier molecular flexibility index (Phi) is 5.52. The van der Waals surface area contributed by atoms with Crippen LogP contribution in [-0.4, -0.2) is 32.0 Å². The first-order chi connectivity index (χ1) is 16.0. The molecule has 34 heavy (non-hydrogen) atoms. The van der Waals surface area contributed by atoms with Gasteiger partial charge in [-0.25, -0.2) is 14.4 Å². The second-order valence-corrected chi connectivity index (χ2v) is 8.97. The quantitative estimate of drug-likeness (QED) is 0.363. The largest absolute Gasteiger partial charge is 0.396 e. The third kappa shape index (κ3) is 3.83. The van der Waals surface area contributed by atoms with Gasteiger partial charge in [-0.1, -0.05) is 26.8 Å². The van der Waals surface area contributed by atoms with Gasteiger partial charge in [0, 0.05) is 28.1 Å². The molecule has 0 atom stereocenters. The van der Waals surface area contributed by atoms with Gasteiger partial charge in [-0.05, 0) is 30.7 Å². The van der Waals surface area contributed by atoms with E-state index in [4.69, 9.17) is 11.5 Å². The Labute approximate surface area is 194 Å². The fourth-order valence-electron chi connectivity index (χ4n) is 3.62. The third-order valence-electron chi connectivity index (χ3n) is 5.47. The van der Waals surface area contributed by atoms with Crippen LogP contribution in [0.2, 0.25) is 0 Å². The molecule has 0 spiro atoms. The Balaban J connectivity index is 2.03. The Hall–Kier alpha value is -4.34. The fraction of sp³-hybridized carbons (Fsp3) is 0.208. The first kappa shape index (κ1) is 22.8. The number of rotatable bonds is 4. The lowest BCUT2D eigenvalue weighted by Gasteiger charge is -2.20. The van der Waals surface area contributed by atoms with E-state index in [1.165, 1.54) is 6.20 Å². The van der Waals surface area contributed by atoms with Gasteiger partial charge >= 0.3 is 0 Å². The number of pyridine rings is 2. The van der Waals surface area contributed by atoms with Crippen LogP contribution in [0.25, 0.3) is 33.4 Å². The van der Waals surface area contributed by atoms with E-state index in [0.29, 0.717) is 16.5 Å². The van der Waals surface area contributed by atoms with Gasteiger partial charge in [0.2, 0.25) is 5.91 Å². The monoisotopic (exact) mass is 461 g/mol. The van der Waals surface area contributed by atoms with Gasteiger partial charge in [0.05, 0.1) is 23.1 Å². The molecule has 0 saturated carbocycles. The molecule has 4 aromatic rings. The summed E-state index contributed by atoms with van der Waals surface area (Å²) in [5, 5.41) is 10.4. The number of aromatic nitrogens is 4. The predicted octanol–water partition coefficient (Wildman–Crippen LogP) is 3.80. The van der Waals surface area contributed by atoms with Crippen LogP contribution in [0.4, 0.5) is 15.9 Å². The first-order valence-electron chi connectivity index (χ1n) is 10.5. The van der Waals surface area contributed by atoms with E-state index in [2.05, 4.69) is 25.5 Å². The normalized spacial score (nSPS) is 11.6. The molecule has 0 radical (unpaired) electrons. The van der Waals surface area contributed by atoms with Gasteiger partial charge in [0.1, 0.15) is 17.1 Å². The number of anilines is 2. The van der Waals surface area contributed by atoms with E-state index in [-0.39, 0.29) is 34.4 Å². The number of halogens is 1. The maximum Gasteiger partial charge on any atom is 0.253 e. The van der Waals surface area contributed by atoms with Crippen LogP contribution >= 0.6 is 0 Å². The third-order valence-corrected chi connectivity index (χ3v) is 5.47. The first-order valence-corrected chi connectivity index (χ1v) is 10.5. The van der Waals surface area contributed by atoms with Crippen molar-refractivity contribution < 1.29 is 14.0 Å². The molecule has 1 aromatic carbocycles. The molecule has 3 aromatic heterocycles. The molecule has 3 heterocycles. The second kappa shape index (κ2) is 8.22. The summed E-state index contributed by atoms with van der Waals surface area (Å²) < 4.78 is 15.7. The summed E-state index contributed by atoms with van der Waals surface area (Å²) in [6.45, 7) is 7.06. The Morgan fingerprint density at radius 2 is 1.88 bits per heavy atom. The average molecular weight is 462 g/mol. The number of amides is 2. The fourth-order valence-corrected chi connectivity index (χ4v) is 3.62. The van der Waals surface area contributed by atoms with E-state index < -0.39 is 22.7 Å². The minimum absolute atomic E-state index is 0.0956. The summed E-state index contributed by atoms with van der Waals surface area (Å²) in [4.78, 5) is 33.6. The Bertz CT molecular complexity index is 1450. The number of hydrogen-bond acceptors (Lipinski definition) is 6. The molecule has 9 nitrogen and oxygen atoms in total. The van der Waals surface area contributed by atoms with E-state index in [0.717, 1.165) is 5.56 Å². The number of carbonyl (C=O) groups excluding carboxylic acids is 2. The highest BCUT2D eigenvalue weighted by molar-refractivity contribution is 6.06. The van der Waals surface area contributed by atoms with Crippen molar-refractivity contribution in [3.05, 3.63) is 53.6 Å². The number of primary amides is 1. The summed E-state index contributed by atoms with van der Waals surface area (Å²) in [5.41, 5.74) is 12.6. The summed E-state index contributed by atoms with van der Waals surface area (Å²) in [7, 11) is 0. The number of nitrogens with one attached hydrogen (secondary N) is 2. The van der Waals surface area contributed by atoms with E-state index in [9.17, 15) is 9.59 Å². The highest BCUT2D eigenvalue weighted by atomic mass is 19.1. The zero-order chi connectivity index (χ0) is 24.8. The van der Waals surface area contributed by atoms with Crippen molar-refractivity contribution in [1.82, 2.24) is 20.2 Å². The van der Waals surface area contributed by atoms with Crippen LogP contribution in [0.3, 0.4) is 0 Å². The standard InChI is InChI=1S/C24H24FN7O2/c1-11-7-8-14-13(10-29-32-14)15(11)20-18(26)16(21(27)33)17(25)19(30-20)12-6-5-9-28-22(12)31-23(34)24(2,3)4/h5-10H,26H2,1-4H3,(H2,27,33)(H,29,32)(H,28,31,34). The minimum atomic E-state index is -1.04. The average Bonchev–Trinajstić information content (AvgIpc) is 3.23. The lowest BCUT2D eigenvalue weighted by Crippen LogP contribution is -2.28. The molecule has 4 rings (SSSR count). The van der Waals surface area contributed by atoms with E-state index >= 15 is 4.39 Å². The number of fused-ring (bicyclic) bond motifs is 1. The van der Waals surface area contributed by atoms with Crippen LogP contribution in [0.15, 0.2) is 36.7 Å². The maximum absolute atomic E-state index is 15.7. The van der Waals surface area contributed by atoms with Gasteiger partial charge in [-0.15, -0.1) is 0 Å². The van der Waals surface area contributed by atoms with E-state index in [1.807, 2.05) is 19.1 Å². The number of benzene rings is 1. The summed E-state index contributed by atoms with van der Waals surface area (Å²) in [6.07, 6.45) is 3.06. The number of nitrogen functional groups attached to an aromatic ring is 1. The predicted molar refractivity (Wildman–Crippen MR) is 128 cm³/mol. The molecule has 0 bridgehead atoms. The molecule has 0 aliphatic carbocycles. The van der Waals surface area contributed by atoms with Gasteiger partial charge in [-0.3, -0.25) is 14.7 Å². The zero-order valence-corrected chi connectivity index (χ0v) is 19.2. The highest BCUT2D eigenvalue weighted by Crippen LogP contribution is 2.39. The zero-order valence-electron chi connectivity index (χ0n) is 19.2.